The van der Waals surface area contributed by atoms with Gasteiger partial charge in [0.05, 0.1) is 0 Å². The van der Waals surface area contributed by atoms with Crippen molar-refractivity contribution in [2.45, 2.75) is 27.7 Å². The highest BCUT2D eigenvalue weighted by Gasteiger charge is 2.05. The van der Waals surface area contributed by atoms with E-state index in [1.165, 1.54) is 11.1 Å². The zero-order valence-electron chi connectivity index (χ0n) is 19.1. The number of likely N-dealkylation sites (N-methyl/N-ethyl adjacent to an activating group) is 2. The van der Waals surface area contributed by atoms with Gasteiger partial charge in [0.15, 0.2) is 0 Å². The van der Waals surface area contributed by atoms with Crippen LogP contribution in [-0.4, -0.2) is 56.2 Å². The number of allylic oxidation sites excluding steroid dienone is 1. The van der Waals surface area contributed by atoms with Gasteiger partial charge in [-0.15, -0.1) is 0 Å². The third kappa shape index (κ3) is 9.63. The summed E-state index contributed by atoms with van der Waals surface area (Å²) in [6.45, 7) is 14.2. The van der Waals surface area contributed by atoms with Crippen molar-refractivity contribution >= 4 is 11.3 Å². The molecule has 0 spiro atoms. The Hall–Kier alpha value is -2.06. The lowest BCUT2D eigenvalue weighted by molar-refractivity contribution is 0.209. The first kappa shape index (κ1) is 24.2. The minimum absolute atomic E-state index is 0.0603. The topological polar surface area (TPSA) is 15.7 Å². The van der Waals surface area contributed by atoms with Gasteiger partial charge in [-0.2, -0.15) is 11.3 Å². The SMILES string of the molecule is CCN(CC=CC#CC(C)(C)C)CCN(C)CCOc1cccc(-c2ccsc2)c1. The quantitative estimate of drug-likeness (QED) is 0.433. The summed E-state index contributed by atoms with van der Waals surface area (Å²) in [6.07, 6.45) is 4.14. The van der Waals surface area contributed by atoms with Gasteiger partial charge < -0.3 is 9.64 Å². The van der Waals surface area contributed by atoms with Crippen LogP contribution in [0.4, 0.5) is 0 Å². The molecule has 0 radical (unpaired) electrons. The molecule has 30 heavy (non-hydrogen) atoms. The van der Waals surface area contributed by atoms with E-state index in [4.69, 9.17) is 4.74 Å². The summed E-state index contributed by atoms with van der Waals surface area (Å²) in [4.78, 5) is 4.76. The standard InChI is InChI=1S/C26H36N2OS/c1-6-28(15-9-7-8-14-26(2,3)4)17-16-27(5)18-19-29-25-12-10-11-23(21-25)24-13-20-30-22-24/h7,9-13,20-22H,6,15-19H2,1-5H3. The molecule has 4 heteroatoms. The molecule has 0 unspecified atom stereocenters. The molecule has 0 saturated carbocycles. The molecular weight excluding hydrogens is 388 g/mol. The fraction of sp³-hybridized carbons (Fsp3) is 0.462. The summed E-state index contributed by atoms with van der Waals surface area (Å²) in [6, 6.07) is 10.5. The summed E-state index contributed by atoms with van der Waals surface area (Å²) < 4.78 is 5.99. The molecule has 2 rings (SSSR count). The Kier molecular flexibility index (Phi) is 10.2. The molecule has 3 nitrogen and oxygen atoms in total. The molecule has 0 aliphatic rings. The second-order valence-electron chi connectivity index (χ2n) is 8.51. The first-order valence-electron chi connectivity index (χ1n) is 10.7. The van der Waals surface area contributed by atoms with E-state index in [0.717, 1.165) is 38.5 Å². The van der Waals surface area contributed by atoms with Crippen molar-refractivity contribution < 1.29 is 4.74 Å². The summed E-state index contributed by atoms with van der Waals surface area (Å²) in [5.41, 5.74) is 2.52. The average Bonchev–Trinajstić information content (AvgIpc) is 3.24. The molecule has 2 aromatic rings. The van der Waals surface area contributed by atoms with Crippen LogP contribution in [0.2, 0.25) is 0 Å². The van der Waals surface area contributed by atoms with Crippen LogP contribution in [0.15, 0.2) is 53.2 Å². The van der Waals surface area contributed by atoms with Gasteiger partial charge in [-0.25, -0.2) is 0 Å². The van der Waals surface area contributed by atoms with E-state index in [0.29, 0.717) is 6.61 Å². The summed E-state index contributed by atoms with van der Waals surface area (Å²) in [5.74, 6) is 7.31. The maximum Gasteiger partial charge on any atom is 0.119 e. The number of hydrogen-bond donors (Lipinski definition) is 0. The summed E-state index contributed by atoms with van der Waals surface area (Å²) in [7, 11) is 2.16. The van der Waals surface area contributed by atoms with Crippen LogP contribution in [0.5, 0.6) is 5.75 Å². The number of nitrogens with zero attached hydrogens (tertiary/aromatic N) is 2. The van der Waals surface area contributed by atoms with Gasteiger partial charge in [-0.3, -0.25) is 4.90 Å². The Balaban J connectivity index is 1.69. The summed E-state index contributed by atoms with van der Waals surface area (Å²) >= 11 is 1.72. The first-order valence-corrected chi connectivity index (χ1v) is 11.7. The maximum absolute atomic E-state index is 5.99. The van der Waals surface area contributed by atoms with Crippen LogP contribution in [0.3, 0.4) is 0 Å². The number of rotatable bonds is 11. The normalized spacial score (nSPS) is 11.8. The molecule has 1 aromatic heterocycles. The van der Waals surface area contributed by atoms with E-state index >= 15 is 0 Å². The smallest absolute Gasteiger partial charge is 0.119 e. The number of ether oxygens (including phenoxy) is 1. The molecule has 1 heterocycles. The monoisotopic (exact) mass is 424 g/mol. The predicted molar refractivity (Wildman–Crippen MR) is 131 cm³/mol. The zero-order valence-corrected chi connectivity index (χ0v) is 20.0. The Morgan fingerprint density at radius 1 is 1.10 bits per heavy atom. The van der Waals surface area contributed by atoms with Crippen LogP contribution in [0.25, 0.3) is 11.1 Å². The maximum atomic E-state index is 5.99. The van der Waals surface area contributed by atoms with E-state index in [-0.39, 0.29) is 5.41 Å². The molecule has 0 bridgehead atoms. The zero-order chi connectivity index (χ0) is 21.8. The molecule has 0 saturated heterocycles. The molecule has 0 aliphatic heterocycles. The largest absolute Gasteiger partial charge is 0.492 e. The van der Waals surface area contributed by atoms with Crippen molar-refractivity contribution in [3.05, 3.63) is 53.2 Å². The second-order valence-corrected chi connectivity index (χ2v) is 9.29. The molecular formula is C26H36N2OS. The van der Waals surface area contributed by atoms with Crippen molar-refractivity contribution in [2.75, 3.05) is 46.4 Å². The van der Waals surface area contributed by atoms with Gasteiger partial charge in [0, 0.05) is 31.6 Å². The van der Waals surface area contributed by atoms with Crippen LogP contribution < -0.4 is 4.74 Å². The minimum Gasteiger partial charge on any atom is -0.492 e. The Morgan fingerprint density at radius 2 is 1.93 bits per heavy atom. The van der Waals surface area contributed by atoms with Crippen LogP contribution >= 0.6 is 11.3 Å². The van der Waals surface area contributed by atoms with E-state index in [9.17, 15) is 0 Å². The third-order valence-electron chi connectivity index (χ3n) is 4.69. The Labute approximate surface area is 187 Å². The lowest BCUT2D eigenvalue weighted by Crippen LogP contribution is -2.35. The highest BCUT2D eigenvalue weighted by Crippen LogP contribution is 2.25. The summed E-state index contributed by atoms with van der Waals surface area (Å²) in [5, 5.41) is 4.27. The van der Waals surface area contributed by atoms with Gasteiger partial charge in [0.1, 0.15) is 12.4 Å². The van der Waals surface area contributed by atoms with E-state index in [2.05, 4.69) is 97.5 Å². The van der Waals surface area contributed by atoms with Crippen molar-refractivity contribution in [3.63, 3.8) is 0 Å². The first-order chi connectivity index (χ1) is 14.4. The van der Waals surface area contributed by atoms with Crippen LogP contribution in [0, 0.1) is 17.3 Å². The highest BCUT2D eigenvalue weighted by atomic mass is 32.1. The van der Waals surface area contributed by atoms with Gasteiger partial charge >= 0.3 is 0 Å². The van der Waals surface area contributed by atoms with E-state index in [1.807, 2.05) is 12.1 Å². The van der Waals surface area contributed by atoms with E-state index < -0.39 is 0 Å². The molecule has 0 N–H and O–H groups in total. The Bertz CT molecular complexity index is 825. The lowest BCUT2D eigenvalue weighted by Gasteiger charge is -2.23. The fourth-order valence-corrected chi connectivity index (χ4v) is 3.50. The molecule has 0 amide bonds. The highest BCUT2D eigenvalue weighted by molar-refractivity contribution is 7.08. The van der Waals surface area contributed by atoms with Gasteiger partial charge in [-0.1, -0.05) is 37.0 Å². The minimum atomic E-state index is 0.0603. The van der Waals surface area contributed by atoms with Crippen molar-refractivity contribution in [2.24, 2.45) is 5.41 Å². The lowest BCUT2D eigenvalue weighted by atomic mass is 9.98. The number of thiophene rings is 1. The Morgan fingerprint density at radius 3 is 2.63 bits per heavy atom. The van der Waals surface area contributed by atoms with Crippen molar-refractivity contribution in [1.82, 2.24) is 9.80 Å². The average molecular weight is 425 g/mol. The molecule has 0 fully saturated rings. The molecule has 0 aliphatic carbocycles. The van der Waals surface area contributed by atoms with Crippen LogP contribution in [-0.2, 0) is 0 Å². The fourth-order valence-electron chi connectivity index (χ4n) is 2.83. The predicted octanol–water partition coefficient (Wildman–Crippen LogP) is 5.65. The van der Waals surface area contributed by atoms with Gasteiger partial charge in [0.2, 0.25) is 0 Å². The van der Waals surface area contributed by atoms with Crippen LogP contribution in [0.1, 0.15) is 27.7 Å². The van der Waals surface area contributed by atoms with Gasteiger partial charge in [0.25, 0.3) is 0 Å². The van der Waals surface area contributed by atoms with Crippen molar-refractivity contribution in [1.29, 1.82) is 0 Å². The molecule has 162 valence electrons. The number of hydrogen-bond acceptors (Lipinski definition) is 4. The van der Waals surface area contributed by atoms with Gasteiger partial charge in [-0.05, 0) is 80.5 Å². The van der Waals surface area contributed by atoms with E-state index in [1.54, 1.807) is 11.3 Å². The third-order valence-corrected chi connectivity index (χ3v) is 5.37. The second kappa shape index (κ2) is 12.6. The van der Waals surface area contributed by atoms with Crippen molar-refractivity contribution in [3.8, 4) is 28.7 Å². The molecule has 0 atom stereocenters. The molecule has 1 aromatic carbocycles. The number of benzene rings is 1.